The number of aryl methyl sites for hydroxylation is 1. The first-order valence-corrected chi connectivity index (χ1v) is 8.15. The molecule has 3 heterocycles. The van der Waals surface area contributed by atoms with Crippen molar-refractivity contribution < 1.29 is 9.21 Å². The van der Waals surface area contributed by atoms with Gasteiger partial charge >= 0.3 is 0 Å². The van der Waals surface area contributed by atoms with Crippen LogP contribution in [0.15, 0.2) is 21.2 Å². The molecular weight excluding hydrogens is 286 g/mol. The van der Waals surface area contributed by atoms with E-state index >= 15 is 0 Å². The second kappa shape index (κ2) is 6.41. The number of thiophene rings is 1. The van der Waals surface area contributed by atoms with Crippen LogP contribution in [0.4, 0.5) is 0 Å². The summed E-state index contributed by atoms with van der Waals surface area (Å²) in [6.07, 6.45) is 2.42. The standard InChI is InChI=1S/C15H19N3O2S/c1-10-13(18-15(20-10)11-4-6-21-9-11)7-14(19)17-12-3-2-5-16-8-12/h4,6,9,12,16H,2-3,5,7-8H2,1H3,(H,17,19)/t12-/m0/s1. The van der Waals surface area contributed by atoms with Gasteiger partial charge in [-0.15, -0.1) is 0 Å². The molecule has 21 heavy (non-hydrogen) atoms. The zero-order chi connectivity index (χ0) is 14.7. The quantitative estimate of drug-likeness (QED) is 0.908. The van der Waals surface area contributed by atoms with Crippen LogP contribution in [0.3, 0.4) is 0 Å². The third-order valence-electron chi connectivity index (χ3n) is 3.65. The molecule has 1 amide bonds. The van der Waals surface area contributed by atoms with E-state index in [1.807, 2.05) is 23.8 Å². The average molecular weight is 305 g/mol. The van der Waals surface area contributed by atoms with E-state index in [0.717, 1.165) is 37.2 Å². The van der Waals surface area contributed by atoms with Gasteiger partial charge in [-0.25, -0.2) is 4.98 Å². The highest BCUT2D eigenvalue weighted by Crippen LogP contribution is 2.24. The highest BCUT2D eigenvalue weighted by molar-refractivity contribution is 7.08. The number of oxazole rings is 1. The molecule has 3 rings (SSSR count). The number of piperidine rings is 1. The molecule has 2 aromatic rings. The number of aromatic nitrogens is 1. The molecule has 1 saturated heterocycles. The Kier molecular flexibility index (Phi) is 4.36. The SMILES string of the molecule is Cc1oc(-c2ccsc2)nc1CC(=O)N[C@H]1CCCNC1. The van der Waals surface area contributed by atoms with Gasteiger partial charge in [-0.1, -0.05) is 0 Å². The van der Waals surface area contributed by atoms with Crippen molar-refractivity contribution >= 4 is 17.2 Å². The fraction of sp³-hybridized carbons (Fsp3) is 0.467. The van der Waals surface area contributed by atoms with E-state index in [1.54, 1.807) is 11.3 Å². The summed E-state index contributed by atoms with van der Waals surface area (Å²) in [6, 6.07) is 2.20. The van der Waals surface area contributed by atoms with Crippen molar-refractivity contribution in [2.75, 3.05) is 13.1 Å². The van der Waals surface area contributed by atoms with Crippen molar-refractivity contribution in [3.8, 4) is 11.5 Å². The Labute approximate surface area is 127 Å². The minimum Gasteiger partial charge on any atom is -0.441 e. The Hall–Kier alpha value is -1.66. The topological polar surface area (TPSA) is 67.2 Å². The Morgan fingerprint density at radius 2 is 2.52 bits per heavy atom. The molecular formula is C15H19N3O2S. The molecule has 0 saturated carbocycles. The maximum absolute atomic E-state index is 12.1. The minimum absolute atomic E-state index is 0.0111. The van der Waals surface area contributed by atoms with E-state index in [0.29, 0.717) is 11.7 Å². The molecule has 0 radical (unpaired) electrons. The summed E-state index contributed by atoms with van der Waals surface area (Å²) in [7, 11) is 0. The van der Waals surface area contributed by atoms with Gasteiger partial charge in [-0.3, -0.25) is 4.79 Å². The zero-order valence-electron chi connectivity index (χ0n) is 12.0. The number of hydrogen-bond donors (Lipinski definition) is 2. The van der Waals surface area contributed by atoms with Crippen molar-refractivity contribution in [1.82, 2.24) is 15.6 Å². The van der Waals surface area contributed by atoms with Crippen LogP contribution in [0.25, 0.3) is 11.5 Å². The first-order valence-electron chi connectivity index (χ1n) is 7.21. The number of rotatable bonds is 4. The van der Waals surface area contributed by atoms with Crippen molar-refractivity contribution in [1.29, 1.82) is 0 Å². The Morgan fingerprint density at radius 1 is 1.62 bits per heavy atom. The summed E-state index contributed by atoms with van der Waals surface area (Å²) < 4.78 is 5.65. The second-order valence-corrected chi connectivity index (χ2v) is 6.10. The van der Waals surface area contributed by atoms with Gasteiger partial charge in [-0.05, 0) is 37.8 Å². The first-order chi connectivity index (χ1) is 10.2. The molecule has 0 spiro atoms. The maximum atomic E-state index is 12.1. The molecule has 0 unspecified atom stereocenters. The lowest BCUT2D eigenvalue weighted by Gasteiger charge is -2.23. The lowest BCUT2D eigenvalue weighted by molar-refractivity contribution is -0.121. The summed E-state index contributed by atoms with van der Waals surface area (Å²) in [5.74, 6) is 1.32. The van der Waals surface area contributed by atoms with E-state index in [9.17, 15) is 4.79 Å². The van der Waals surface area contributed by atoms with Crippen LogP contribution in [-0.4, -0.2) is 30.0 Å². The predicted octanol–water partition coefficient (Wildman–Crippen LogP) is 2.12. The van der Waals surface area contributed by atoms with E-state index in [4.69, 9.17) is 4.42 Å². The lowest BCUT2D eigenvalue weighted by atomic mass is 10.1. The fourth-order valence-electron chi connectivity index (χ4n) is 2.51. The molecule has 0 aromatic carbocycles. The van der Waals surface area contributed by atoms with Gasteiger partial charge in [0.2, 0.25) is 11.8 Å². The summed E-state index contributed by atoms with van der Waals surface area (Å²) in [5, 5.41) is 10.3. The smallest absolute Gasteiger partial charge is 0.227 e. The molecule has 1 aliphatic heterocycles. The van der Waals surface area contributed by atoms with Gasteiger partial charge in [0.15, 0.2) is 0 Å². The summed E-state index contributed by atoms with van der Waals surface area (Å²) >= 11 is 1.60. The molecule has 112 valence electrons. The third-order valence-corrected chi connectivity index (χ3v) is 4.33. The Bertz CT molecular complexity index is 600. The molecule has 2 N–H and O–H groups in total. The molecule has 2 aromatic heterocycles. The molecule has 1 atom stereocenters. The third kappa shape index (κ3) is 3.51. The van der Waals surface area contributed by atoms with Gasteiger partial charge in [0.25, 0.3) is 0 Å². The van der Waals surface area contributed by atoms with Gasteiger partial charge in [0.05, 0.1) is 12.1 Å². The van der Waals surface area contributed by atoms with Crippen molar-refractivity contribution in [2.45, 2.75) is 32.2 Å². The maximum Gasteiger partial charge on any atom is 0.227 e. The molecule has 1 aliphatic rings. The van der Waals surface area contributed by atoms with Crippen molar-refractivity contribution in [3.63, 3.8) is 0 Å². The number of carbonyl (C=O) groups is 1. The molecule has 1 fully saturated rings. The average Bonchev–Trinajstić information content (AvgIpc) is 3.10. The second-order valence-electron chi connectivity index (χ2n) is 5.32. The van der Waals surface area contributed by atoms with Crippen molar-refractivity contribution in [2.24, 2.45) is 0 Å². The predicted molar refractivity (Wildman–Crippen MR) is 82.3 cm³/mol. The fourth-order valence-corrected chi connectivity index (χ4v) is 3.14. The largest absolute Gasteiger partial charge is 0.441 e. The van der Waals surface area contributed by atoms with Gasteiger partial charge in [0, 0.05) is 23.5 Å². The van der Waals surface area contributed by atoms with Crippen LogP contribution in [0.5, 0.6) is 0 Å². The molecule has 5 nitrogen and oxygen atoms in total. The first kappa shape index (κ1) is 14.3. The van der Waals surface area contributed by atoms with Crippen LogP contribution >= 0.6 is 11.3 Å². The van der Waals surface area contributed by atoms with E-state index in [1.165, 1.54) is 0 Å². The molecule has 0 bridgehead atoms. The Balaban J connectivity index is 1.63. The normalized spacial score (nSPS) is 18.6. The van der Waals surface area contributed by atoms with E-state index in [-0.39, 0.29) is 18.4 Å². The highest BCUT2D eigenvalue weighted by Gasteiger charge is 2.18. The number of nitrogens with zero attached hydrogens (tertiary/aromatic N) is 1. The van der Waals surface area contributed by atoms with Crippen LogP contribution in [0, 0.1) is 6.92 Å². The van der Waals surface area contributed by atoms with Gasteiger partial charge in [0.1, 0.15) is 5.76 Å². The Morgan fingerprint density at radius 3 is 3.24 bits per heavy atom. The molecule has 6 heteroatoms. The summed E-state index contributed by atoms with van der Waals surface area (Å²) in [4.78, 5) is 16.6. The van der Waals surface area contributed by atoms with Crippen LogP contribution in [0.2, 0.25) is 0 Å². The monoisotopic (exact) mass is 305 g/mol. The number of amides is 1. The zero-order valence-corrected chi connectivity index (χ0v) is 12.8. The summed E-state index contributed by atoms with van der Waals surface area (Å²) in [6.45, 7) is 3.75. The van der Waals surface area contributed by atoms with Crippen LogP contribution in [0.1, 0.15) is 24.3 Å². The van der Waals surface area contributed by atoms with Gasteiger partial charge < -0.3 is 15.1 Å². The van der Waals surface area contributed by atoms with E-state index < -0.39 is 0 Å². The van der Waals surface area contributed by atoms with Crippen molar-refractivity contribution in [3.05, 3.63) is 28.3 Å². The number of hydrogen-bond acceptors (Lipinski definition) is 5. The highest BCUT2D eigenvalue weighted by atomic mass is 32.1. The lowest BCUT2D eigenvalue weighted by Crippen LogP contribution is -2.46. The van der Waals surface area contributed by atoms with Crippen LogP contribution in [-0.2, 0) is 11.2 Å². The minimum atomic E-state index is 0.0111. The molecule has 0 aliphatic carbocycles. The van der Waals surface area contributed by atoms with Gasteiger partial charge in [-0.2, -0.15) is 11.3 Å². The van der Waals surface area contributed by atoms with E-state index in [2.05, 4.69) is 15.6 Å². The number of carbonyl (C=O) groups excluding carboxylic acids is 1. The summed E-state index contributed by atoms with van der Waals surface area (Å²) in [5.41, 5.74) is 1.68. The van der Waals surface area contributed by atoms with Crippen LogP contribution < -0.4 is 10.6 Å². The number of nitrogens with one attached hydrogen (secondary N) is 2.